The van der Waals surface area contributed by atoms with Crippen molar-refractivity contribution >= 4 is 54.8 Å². The number of aryl methyl sites for hydroxylation is 2. The van der Waals surface area contributed by atoms with Crippen LogP contribution in [-0.4, -0.2) is 23.8 Å². The average molecular weight is 556 g/mol. The maximum Gasteiger partial charge on any atom is 0.145 e. The number of fused-ring (bicyclic) bond motifs is 12. The highest BCUT2D eigenvalue weighted by Gasteiger charge is 2.17. The third-order valence-corrected chi connectivity index (χ3v) is 8.60. The van der Waals surface area contributed by atoms with Crippen LogP contribution in [0.3, 0.4) is 0 Å². The molecule has 204 valence electrons. The van der Waals surface area contributed by atoms with Gasteiger partial charge in [0, 0.05) is 58.1 Å². The Bertz CT molecular complexity index is 2560. The van der Waals surface area contributed by atoms with Crippen LogP contribution in [0.4, 0.5) is 0 Å². The molecule has 43 heavy (non-hydrogen) atoms. The smallest absolute Gasteiger partial charge is 0.145 e. The zero-order chi connectivity index (χ0) is 28.7. The molecule has 0 unspecified atom stereocenters. The van der Waals surface area contributed by atoms with E-state index in [2.05, 4.69) is 106 Å². The van der Waals surface area contributed by atoms with Crippen LogP contribution < -0.4 is 4.74 Å². The van der Waals surface area contributed by atoms with Gasteiger partial charge in [0.15, 0.2) is 0 Å². The molecule has 6 heteroatoms. The zero-order valence-electron chi connectivity index (χ0n) is 23.6. The van der Waals surface area contributed by atoms with Crippen molar-refractivity contribution in [3.05, 3.63) is 127 Å². The molecule has 0 bridgehead atoms. The van der Waals surface area contributed by atoms with E-state index in [0.717, 1.165) is 60.9 Å². The lowest BCUT2D eigenvalue weighted by Gasteiger charge is -2.16. The van der Waals surface area contributed by atoms with Gasteiger partial charge in [-0.15, -0.1) is 0 Å². The van der Waals surface area contributed by atoms with Crippen LogP contribution in [0.5, 0.6) is 11.5 Å². The summed E-state index contributed by atoms with van der Waals surface area (Å²) in [5.41, 5.74) is 9.92. The third kappa shape index (κ3) is 3.44. The Morgan fingerprint density at radius 3 is 2.02 bits per heavy atom. The number of rotatable bonds is 3. The Labute approximate surface area is 246 Å². The van der Waals surface area contributed by atoms with Gasteiger partial charge in [0.05, 0.1) is 16.6 Å². The Kier molecular flexibility index (Phi) is 4.93. The van der Waals surface area contributed by atoms with Crippen molar-refractivity contribution in [2.24, 2.45) is 0 Å². The standard InChI is InChI=1S/C37H25N5O/c1-22-6-3-7-23(2)33(22)29-9-4-8-28-26-13-11-24(20-30(26)37-40-17-19-42(37)35(28)29)43-25-12-14-27-31(21-25)36-39-16-18-41(36)32-10-5-15-38-34(27)32/h3-21H,1-2H3. The summed E-state index contributed by atoms with van der Waals surface area (Å²) in [7, 11) is 0. The molecule has 0 amide bonds. The number of hydrogen-bond acceptors (Lipinski definition) is 4. The first-order chi connectivity index (χ1) is 21.2. The number of pyridine rings is 3. The van der Waals surface area contributed by atoms with Crippen LogP contribution in [0, 0.1) is 13.8 Å². The first-order valence-electron chi connectivity index (χ1n) is 14.4. The van der Waals surface area contributed by atoms with Crippen LogP contribution in [0.2, 0.25) is 0 Å². The highest BCUT2D eigenvalue weighted by molar-refractivity contribution is 6.15. The quantitative estimate of drug-likeness (QED) is 0.204. The lowest BCUT2D eigenvalue weighted by molar-refractivity contribution is 0.484. The molecule has 0 radical (unpaired) electrons. The molecule has 5 aromatic heterocycles. The molecule has 0 saturated carbocycles. The van der Waals surface area contributed by atoms with Gasteiger partial charge in [-0.05, 0) is 84.5 Å². The van der Waals surface area contributed by atoms with Gasteiger partial charge in [-0.3, -0.25) is 13.8 Å². The molecule has 0 saturated heterocycles. The predicted molar refractivity (Wildman–Crippen MR) is 173 cm³/mol. The topological polar surface area (TPSA) is 56.7 Å². The number of imidazole rings is 2. The summed E-state index contributed by atoms with van der Waals surface area (Å²) in [4.78, 5) is 14.1. The molecular weight excluding hydrogens is 530 g/mol. The summed E-state index contributed by atoms with van der Waals surface area (Å²) >= 11 is 0. The van der Waals surface area contributed by atoms with Crippen LogP contribution in [-0.2, 0) is 0 Å². The minimum Gasteiger partial charge on any atom is -0.457 e. The number of aromatic nitrogens is 5. The first kappa shape index (κ1) is 23.9. The molecule has 9 rings (SSSR count). The molecule has 6 nitrogen and oxygen atoms in total. The van der Waals surface area contributed by atoms with E-state index in [1.54, 1.807) is 0 Å². The normalized spacial score (nSPS) is 12.0. The first-order valence-corrected chi connectivity index (χ1v) is 14.4. The Balaban J connectivity index is 1.22. The molecule has 0 aliphatic heterocycles. The van der Waals surface area contributed by atoms with Gasteiger partial charge in [-0.2, -0.15) is 0 Å². The second kappa shape index (κ2) is 8.87. The highest BCUT2D eigenvalue weighted by atomic mass is 16.5. The van der Waals surface area contributed by atoms with Crippen molar-refractivity contribution in [2.45, 2.75) is 13.8 Å². The van der Waals surface area contributed by atoms with Gasteiger partial charge in [0.1, 0.15) is 22.8 Å². The third-order valence-electron chi connectivity index (χ3n) is 8.60. The number of ether oxygens (including phenoxy) is 1. The summed E-state index contributed by atoms with van der Waals surface area (Å²) in [6, 6.07) is 29.5. The highest BCUT2D eigenvalue weighted by Crippen LogP contribution is 2.39. The Hall–Kier alpha value is -5.75. The molecule has 0 spiro atoms. The van der Waals surface area contributed by atoms with Crippen LogP contribution in [0.25, 0.3) is 65.9 Å². The molecule has 0 atom stereocenters. The molecule has 4 aromatic carbocycles. The summed E-state index contributed by atoms with van der Waals surface area (Å²) < 4.78 is 10.8. The van der Waals surface area contributed by atoms with Crippen molar-refractivity contribution < 1.29 is 4.74 Å². The molecule has 0 N–H and O–H groups in total. The van der Waals surface area contributed by atoms with Crippen LogP contribution in [0.1, 0.15) is 11.1 Å². The van der Waals surface area contributed by atoms with Crippen LogP contribution >= 0.6 is 0 Å². The average Bonchev–Trinajstić information content (AvgIpc) is 3.72. The minimum atomic E-state index is 0.740. The van der Waals surface area contributed by atoms with E-state index in [1.165, 1.54) is 27.6 Å². The molecule has 0 aliphatic carbocycles. The monoisotopic (exact) mass is 555 g/mol. The fourth-order valence-corrected chi connectivity index (χ4v) is 6.76. The number of benzene rings is 4. The summed E-state index contributed by atoms with van der Waals surface area (Å²) in [6.07, 6.45) is 9.56. The SMILES string of the molecule is Cc1cccc(C)c1-c1cccc2c3ccc(Oc4ccc5c(c4)c4nccn4c4cccnc54)cc3c3nccn3c12. The van der Waals surface area contributed by atoms with Gasteiger partial charge in [0.25, 0.3) is 0 Å². The summed E-state index contributed by atoms with van der Waals surface area (Å²) in [6.45, 7) is 4.36. The van der Waals surface area contributed by atoms with E-state index in [-0.39, 0.29) is 0 Å². The van der Waals surface area contributed by atoms with E-state index in [0.29, 0.717) is 0 Å². The van der Waals surface area contributed by atoms with Crippen molar-refractivity contribution in [3.63, 3.8) is 0 Å². The van der Waals surface area contributed by atoms with E-state index in [1.807, 2.05) is 43.0 Å². The molecule has 0 aliphatic rings. The summed E-state index contributed by atoms with van der Waals surface area (Å²) in [5.74, 6) is 1.49. The number of nitrogens with zero attached hydrogens (tertiary/aromatic N) is 5. The molecule has 0 fully saturated rings. The fraction of sp³-hybridized carbons (Fsp3) is 0.0541. The largest absolute Gasteiger partial charge is 0.457 e. The van der Waals surface area contributed by atoms with E-state index >= 15 is 0 Å². The Morgan fingerprint density at radius 1 is 0.558 bits per heavy atom. The zero-order valence-corrected chi connectivity index (χ0v) is 23.6. The Morgan fingerprint density at radius 2 is 1.23 bits per heavy atom. The van der Waals surface area contributed by atoms with Gasteiger partial charge in [-0.1, -0.05) is 36.4 Å². The predicted octanol–water partition coefficient (Wildman–Crippen LogP) is 9.07. The second-order valence-electron chi connectivity index (χ2n) is 11.1. The maximum absolute atomic E-state index is 6.50. The molecule has 9 aromatic rings. The van der Waals surface area contributed by atoms with E-state index in [4.69, 9.17) is 9.72 Å². The van der Waals surface area contributed by atoms with Gasteiger partial charge in [0.2, 0.25) is 0 Å². The number of para-hydroxylation sites is 1. The lowest BCUT2D eigenvalue weighted by atomic mass is 9.92. The number of hydrogen-bond donors (Lipinski definition) is 0. The van der Waals surface area contributed by atoms with Gasteiger partial charge in [-0.25, -0.2) is 9.97 Å². The van der Waals surface area contributed by atoms with E-state index < -0.39 is 0 Å². The van der Waals surface area contributed by atoms with Gasteiger partial charge < -0.3 is 4.74 Å². The van der Waals surface area contributed by atoms with E-state index in [9.17, 15) is 0 Å². The van der Waals surface area contributed by atoms with Crippen molar-refractivity contribution in [3.8, 4) is 22.6 Å². The fourth-order valence-electron chi connectivity index (χ4n) is 6.76. The minimum absolute atomic E-state index is 0.740. The van der Waals surface area contributed by atoms with Gasteiger partial charge >= 0.3 is 0 Å². The second-order valence-corrected chi connectivity index (χ2v) is 11.1. The van der Waals surface area contributed by atoms with Crippen molar-refractivity contribution in [1.29, 1.82) is 0 Å². The maximum atomic E-state index is 6.50. The molecular formula is C37H25N5O. The van der Waals surface area contributed by atoms with Crippen molar-refractivity contribution in [2.75, 3.05) is 0 Å². The molecule has 5 heterocycles. The van der Waals surface area contributed by atoms with Crippen LogP contribution in [0.15, 0.2) is 116 Å². The van der Waals surface area contributed by atoms with Crippen molar-refractivity contribution in [1.82, 2.24) is 23.8 Å². The summed E-state index contributed by atoms with van der Waals surface area (Å²) in [5, 5.41) is 5.41. The lowest BCUT2D eigenvalue weighted by Crippen LogP contribution is -1.96.